The van der Waals surface area contributed by atoms with Gasteiger partial charge in [-0.15, -0.1) is 0 Å². The summed E-state index contributed by atoms with van der Waals surface area (Å²) in [5, 5.41) is 0. The maximum Gasteiger partial charge on any atom is 0.234 e. The average Bonchev–Trinajstić information content (AvgIpc) is 2.29. The molecule has 0 spiro atoms. The van der Waals surface area contributed by atoms with Crippen molar-refractivity contribution in [2.24, 2.45) is 17.4 Å². The zero-order valence-corrected chi connectivity index (χ0v) is 10.9. The molecule has 16 heavy (non-hydrogen) atoms. The number of hydrogen-bond donors (Lipinski definition) is 2. The van der Waals surface area contributed by atoms with Crippen LogP contribution in [-0.4, -0.2) is 36.5 Å². The molecular formula is C12H27N3O. The van der Waals surface area contributed by atoms with Gasteiger partial charge < -0.3 is 16.4 Å². The number of rotatable bonds is 9. The van der Waals surface area contributed by atoms with Crippen molar-refractivity contribution in [3.63, 3.8) is 0 Å². The van der Waals surface area contributed by atoms with E-state index in [0.29, 0.717) is 6.42 Å². The first-order valence-corrected chi connectivity index (χ1v) is 6.32. The fraction of sp³-hybridized carbons (Fsp3) is 0.917. The van der Waals surface area contributed by atoms with Gasteiger partial charge in [0.1, 0.15) is 0 Å². The van der Waals surface area contributed by atoms with Crippen LogP contribution in [0.5, 0.6) is 0 Å². The van der Waals surface area contributed by atoms with Crippen LogP contribution < -0.4 is 11.5 Å². The van der Waals surface area contributed by atoms with E-state index in [1.54, 1.807) is 0 Å². The summed E-state index contributed by atoms with van der Waals surface area (Å²) >= 11 is 0. The van der Waals surface area contributed by atoms with Crippen molar-refractivity contribution in [3.8, 4) is 0 Å². The molecule has 0 bridgehead atoms. The van der Waals surface area contributed by atoms with Gasteiger partial charge in [0.25, 0.3) is 0 Å². The van der Waals surface area contributed by atoms with Crippen LogP contribution in [0.25, 0.3) is 0 Å². The van der Waals surface area contributed by atoms with E-state index in [2.05, 4.69) is 25.7 Å². The largest absolute Gasteiger partial charge is 0.368 e. The standard InChI is InChI=1S/C12H27N3O/c1-4-10(5-2)9-15(6-3)8-7-11(13)12(14)16/h10-11H,4-9,13H2,1-3H3,(H2,14,16). The first-order valence-electron chi connectivity index (χ1n) is 6.32. The molecule has 1 atom stereocenters. The normalized spacial score (nSPS) is 13.4. The maximum atomic E-state index is 10.8. The van der Waals surface area contributed by atoms with Crippen molar-refractivity contribution in [1.82, 2.24) is 4.90 Å². The first-order chi connectivity index (χ1) is 7.54. The SMILES string of the molecule is CCC(CC)CN(CC)CCC(N)C(N)=O. The molecule has 4 nitrogen and oxygen atoms in total. The monoisotopic (exact) mass is 229 g/mol. The Morgan fingerprint density at radius 2 is 1.81 bits per heavy atom. The summed E-state index contributed by atoms with van der Waals surface area (Å²) in [7, 11) is 0. The number of amides is 1. The summed E-state index contributed by atoms with van der Waals surface area (Å²) in [6, 6.07) is -0.504. The van der Waals surface area contributed by atoms with E-state index in [-0.39, 0.29) is 0 Å². The zero-order valence-electron chi connectivity index (χ0n) is 10.9. The van der Waals surface area contributed by atoms with Crippen LogP contribution in [-0.2, 0) is 4.79 Å². The second-order valence-corrected chi connectivity index (χ2v) is 4.37. The third-order valence-electron chi connectivity index (χ3n) is 3.24. The van der Waals surface area contributed by atoms with Crippen molar-refractivity contribution < 1.29 is 4.79 Å². The van der Waals surface area contributed by atoms with Crippen molar-refractivity contribution in [3.05, 3.63) is 0 Å². The van der Waals surface area contributed by atoms with Gasteiger partial charge in [-0.25, -0.2) is 0 Å². The molecule has 0 aromatic heterocycles. The minimum absolute atomic E-state index is 0.404. The van der Waals surface area contributed by atoms with Gasteiger partial charge in [0.05, 0.1) is 6.04 Å². The molecule has 96 valence electrons. The van der Waals surface area contributed by atoms with Crippen LogP contribution in [0.4, 0.5) is 0 Å². The van der Waals surface area contributed by atoms with Gasteiger partial charge >= 0.3 is 0 Å². The first kappa shape index (κ1) is 15.4. The number of primary amides is 1. The van der Waals surface area contributed by atoms with Crippen LogP contribution in [0.2, 0.25) is 0 Å². The van der Waals surface area contributed by atoms with Crippen molar-refractivity contribution in [2.75, 3.05) is 19.6 Å². The lowest BCUT2D eigenvalue weighted by atomic mass is 10.0. The van der Waals surface area contributed by atoms with Crippen LogP contribution in [0, 0.1) is 5.92 Å². The second-order valence-electron chi connectivity index (χ2n) is 4.37. The molecule has 0 radical (unpaired) electrons. The summed E-state index contributed by atoms with van der Waals surface area (Å²) in [5.41, 5.74) is 10.7. The van der Waals surface area contributed by atoms with Crippen LogP contribution in [0.3, 0.4) is 0 Å². The molecule has 0 aromatic carbocycles. The van der Waals surface area contributed by atoms with Gasteiger partial charge in [-0.2, -0.15) is 0 Å². The summed E-state index contributed by atoms with van der Waals surface area (Å²) in [6.45, 7) is 9.53. The highest BCUT2D eigenvalue weighted by Gasteiger charge is 2.13. The lowest BCUT2D eigenvalue weighted by Crippen LogP contribution is -2.40. The smallest absolute Gasteiger partial charge is 0.234 e. The number of nitrogens with zero attached hydrogens (tertiary/aromatic N) is 1. The fourth-order valence-corrected chi connectivity index (χ4v) is 1.75. The van der Waals surface area contributed by atoms with Gasteiger partial charge in [-0.3, -0.25) is 4.79 Å². The molecule has 0 aliphatic rings. The van der Waals surface area contributed by atoms with Crippen molar-refractivity contribution in [1.29, 1.82) is 0 Å². The number of hydrogen-bond acceptors (Lipinski definition) is 3. The Morgan fingerprint density at radius 1 is 1.25 bits per heavy atom. The van der Waals surface area contributed by atoms with Crippen molar-refractivity contribution >= 4 is 5.91 Å². The molecule has 0 aliphatic heterocycles. The average molecular weight is 229 g/mol. The van der Waals surface area contributed by atoms with E-state index in [1.165, 1.54) is 12.8 Å². The quantitative estimate of drug-likeness (QED) is 0.618. The molecular weight excluding hydrogens is 202 g/mol. The van der Waals surface area contributed by atoms with Crippen LogP contribution in [0.1, 0.15) is 40.0 Å². The minimum Gasteiger partial charge on any atom is -0.368 e. The maximum absolute atomic E-state index is 10.8. The van der Waals surface area contributed by atoms with Crippen molar-refractivity contribution in [2.45, 2.75) is 46.1 Å². The number of carbonyl (C=O) groups excluding carboxylic acids is 1. The molecule has 4 heteroatoms. The highest BCUT2D eigenvalue weighted by Crippen LogP contribution is 2.10. The number of nitrogens with two attached hydrogens (primary N) is 2. The lowest BCUT2D eigenvalue weighted by Gasteiger charge is -2.25. The molecule has 0 rings (SSSR count). The highest BCUT2D eigenvalue weighted by atomic mass is 16.1. The Labute approximate surface area is 99.4 Å². The summed E-state index contributed by atoms with van der Waals surface area (Å²) in [4.78, 5) is 13.2. The van der Waals surface area contributed by atoms with Gasteiger partial charge in [0.15, 0.2) is 0 Å². The molecule has 1 unspecified atom stereocenters. The van der Waals surface area contributed by atoms with E-state index in [0.717, 1.165) is 25.6 Å². The molecule has 0 aliphatic carbocycles. The summed E-state index contributed by atoms with van der Waals surface area (Å²) in [5.74, 6) is 0.336. The fourth-order valence-electron chi connectivity index (χ4n) is 1.75. The molecule has 0 saturated heterocycles. The van der Waals surface area contributed by atoms with E-state index >= 15 is 0 Å². The van der Waals surface area contributed by atoms with Crippen LogP contribution in [0.15, 0.2) is 0 Å². The molecule has 4 N–H and O–H groups in total. The minimum atomic E-state index is -0.504. The number of carbonyl (C=O) groups is 1. The molecule has 0 aromatic rings. The van der Waals surface area contributed by atoms with Gasteiger partial charge in [-0.05, 0) is 18.9 Å². The molecule has 0 fully saturated rings. The summed E-state index contributed by atoms with van der Waals surface area (Å²) in [6.07, 6.45) is 3.06. The Bertz CT molecular complexity index is 193. The Morgan fingerprint density at radius 3 is 2.19 bits per heavy atom. The van der Waals surface area contributed by atoms with Gasteiger partial charge in [0, 0.05) is 13.1 Å². The molecule has 1 amide bonds. The molecule has 0 heterocycles. The predicted octanol–water partition coefficient (Wildman–Crippen LogP) is 0.947. The molecule has 0 saturated carbocycles. The van der Waals surface area contributed by atoms with Gasteiger partial charge in [0.2, 0.25) is 5.91 Å². The Kier molecular flexibility index (Phi) is 8.21. The summed E-state index contributed by atoms with van der Waals surface area (Å²) < 4.78 is 0. The Balaban J connectivity index is 3.95. The van der Waals surface area contributed by atoms with E-state index in [9.17, 15) is 4.79 Å². The Hall–Kier alpha value is -0.610. The third kappa shape index (κ3) is 6.08. The van der Waals surface area contributed by atoms with Crippen LogP contribution >= 0.6 is 0 Å². The highest BCUT2D eigenvalue weighted by molar-refractivity contribution is 5.79. The third-order valence-corrected chi connectivity index (χ3v) is 3.24. The van der Waals surface area contributed by atoms with E-state index in [4.69, 9.17) is 11.5 Å². The zero-order chi connectivity index (χ0) is 12.6. The van der Waals surface area contributed by atoms with Gasteiger partial charge in [-0.1, -0.05) is 33.6 Å². The topological polar surface area (TPSA) is 72.3 Å². The second kappa shape index (κ2) is 8.53. The van der Waals surface area contributed by atoms with E-state index < -0.39 is 11.9 Å². The predicted molar refractivity (Wildman–Crippen MR) is 68.0 cm³/mol. The van der Waals surface area contributed by atoms with E-state index in [1.807, 2.05) is 0 Å². The lowest BCUT2D eigenvalue weighted by molar-refractivity contribution is -0.119.